The lowest BCUT2D eigenvalue weighted by atomic mass is 10.1. The van der Waals surface area contributed by atoms with Gasteiger partial charge in [0.15, 0.2) is 0 Å². The first-order valence-corrected chi connectivity index (χ1v) is 10.2. The van der Waals surface area contributed by atoms with E-state index in [2.05, 4.69) is 20.5 Å². The topological polar surface area (TPSA) is 82.5 Å². The molecular weight excluding hydrogens is 404 g/mol. The average molecular weight is 433 g/mol. The van der Waals surface area contributed by atoms with E-state index in [0.29, 0.717) is 19.5 Å². The fourth-order valence-corrected chi connectivity index (χ4v) is 4.04. The number of hydrogen-bond donors (Lipinski definition) is 2. The van der Waals surface area contributed by atoms with Crippen LogP contribution in [0.1, 0.15) is 30.3 Å². The molecule has 0 radical (unpaired) electrons. The molecular formula is C21H29ClN6O2. The fourth-order valence-electron chi connectivity index (χ4n) is 4.04. The van der Waals surface area contributed by atoms with E-state index in [-0.39, 0.29) is 30.3 Å². The van der Waals surface area contributed by atoms with E-state index in [0.717, 1.165) is 49.7 Å². The van der Waals surface area contributed by atoms with Crippen molar-refractivity contribution in [3.05, 3.63) is 48.0 Å². The quantitative estimate of drug-likeness (QED) is 0.717. The van der Waals surface area contributed by atoms with Crippen LogP contribution in [0, 0.1) is 0 Å². The van der Waals surface area contributed by atoms with E-state index >= 15 is 0 Å². The number of carbonyl (C=O) groups is 2. The van der Waals surface area contributed by atoms with Gasteiger partial charge in [0.2, 0.25) is 11.8 Å². The number of aromatic nitrogens is 2. The van der Waals surface area contributed by atoms with Crippen molar-refractivity contribution in [2.24, 2.45) is 7.05 Å². The first-order valence-electron chi connectivity index (χ1n) is 10.2. The zero-order valence-corrected chi connectivity index (χ0v) is 18.0. The predicted octanol–water partition coefficient (Wildman–Crippen LogP) is 1.23. The lowest BCUT2D eigenvalue weighted by Crippen LogP contribution is -2.50. The van der Waals surface area contributed by atoms with Gasteiger partial charge in [0.1, 0.15) is 5.82 Å². The Morgan fingerprint density at radius 3 is 2.73 bits per heavy atom. The minimum atomic E-state index is 0. The van der Waals surface area contributed by atoms with Crippen LogP contribution in [-0.4, -0.2) is 59.0 Å². The van der Waals surface area contributed by atoms with Gasteiger partial charge >= 0.3 is 0 Å². The maximum absolute atomic E-state index is 12.6. The number of nitrogens with zero attached hydrogens (tertiary/aromatic N) is 4. The summed E-state index contributed by atoms with van der Waals surface area (Å²) in [6.45, 7) is 4.08. The Labute approximate surface area is 183 Å². The van der Waals surface area contributed by atoms with E-state index in [1.54, 1.807) is 6.20 Å². The molecule has 1 unspecified atom stereocenters. The largest absolute Gasteiger partial charge is 0.351 e. The first kappa shape index (κ1) is 22.3. The summed E-state index contributed by atoms with van der Waals surface area (Å²) in [5.41, 5.74) is 1.95. The molecule has 9 heteroatoms. The second-order valence-corrected chi connectivity index (χ2v) is 7.68. The summed E-state index contributed by atoms with van der Waals surface area (Å²) < 4.78 is 2.01. The van der Waals surface area contributed by atoms with E-state index in [1.807, 2.05) is 47.0 Å². The molecule has 2 N–H and O–H groups in total. The number of nitrogens with one attached hydrogen (secondary N) is 2. The zero-order chi connectivity index (χ0) is 20.2. The maximum atomic E-state index is 12.6. The number of carbonyl (C=O) groups excluding carboxylic acids is 2. The molecule has 1 aromatic heterocycles. The molecule has 0 aliphatic carbocycles. The summed E-state index contributed by atoms with van der Waals surface area (Å²) in [5.74, 6) is 1.16. The summed E-state index contributed by atoms with van der Waals surface area (Å²) in [4.78, 5) is 32.9. The molecule has 162 valence electrons. The number of hydrogen-bond acceptors (Lipinski definition) is 5. The number of rotatable bonds is 6. The van der Waals surface area contributed by atoms with E-state index in [9.17, 15) is 9.59 Å². The summed E-state index contributed by atoms with van der Waals surface area (Å²) in [6.07, 6.45) is 5.27. The van der Waals surface area contributed by atoms with Crippen LogP contribution in [0.2, 0.25) is 0 Å². The van der Waals surface area contributed by atoms with Crippen LogP contribution in [0.3, 0.4) is 0 Å². The van der Waals surface area contributed by atoms with E-state index in [4.69, 9.17) is 0 Å². The zero-order valence-electron chi connectivity index (χ0n) is 17.2. The number of piperazine rings is 1. The molecule has 2 fully saturated rings. The summed E-state index contributed by atoms with van der Waals surface area (Å²) in [7, 11) is 1.98. The maximum Gasteiger partial charge on any atom is 0.234 e. The summed E-state index contributed by atoms with van der Waals surface area (Å²) >= 11 is 0. The lowest BCUT2D eigenvalue weighted by Gasteiger charge is -2.35. The molecule has 3 heterocycles. The fraction of sp³-hybridized carbons (Fsp3) is 0.476. The average Bonchev–Trinajstić information content (AvgIpc) is 3.35. The third-order valence-corrected chi connectivity index (χ3v) is 5.67. The van der Waals surface area contributed by atoms with Gasteiger partial charge in [-0.05, 0) is 24.1 Å². The SMILES string of the molecule is Cl.Cn1ccnc1C1CNCCN1CC(=O)NCc1ccc(N2CCCC2=O)cc1. The number of benzene rings is 1. The van der Waals surface area contributed by atoms with Crippen LogP contribution in [0.25, 0.3) is 0 Å². The minimum Gasteiger partial charge on any atom is -0.351 e. The van der Waals surface area contributed by atoms with Crippen LogP contribution < -0.4 is 15.5 Å². The summed E-state index contributed by atoms with van der Waals surface area (Å²) in [6, 6.07) is 7.95. The van der Waals surface area contributed by atoms with Crippen molar-refractivity contribution in [3.8, 4) is 0 Å². The van der Waals surface area contributed by atoms with Gasteiger partial charge in [-0.25, -0.2) is 4.98 Å². The Bertz CT molecular complexity index is 869. The molecule has 2 aromatic rings. The highest BCUT2D eigenvalue weighted by atomic mass is 35.5. The standard InChI is InChI=1S/C21H28N6O2.ClH/c1-25-11-9-23-21(25)18-14-22-8-12-26(18)15-19(28)24-13-16-4-6-17(7-5-16)27-10-2-3-20(27)29;/h4-7,9,11,18,22H,2-3,8,10,12-15H2,1H3,(H,24,28);1H. The van der Waals surface area contributed by atoms with E-state index in [1.165, 1.54) is 0 Å². The van der Waals surface area contributed by atoms with Crippen LogP contribution in [0.5, 0.6) is 0 Å². The monoisotopic (exact) mass is 432 g/mol. The summed E-state index contributed by atoms with van der Waals surface area (Å²) in [5, 5.41) is 6.40. The van der Waals surface area contributed by atoms with Crippen LogP contribution >= 0.6 is 12.4 Å². The van der Waals surface area contributed by atoms with Gasteiger partial charge in [-0.2, -0.15) is 0 Å². The highest BCUT2D eigenvalue weighted by molar-refractivity contribution is 5.95. The molecule has 8 nitrogen and oxygen atoms in total. The molecule has 2 aliphatic heterocycles. The van der Waals surface area contributed by atoms with Crippen molar-refractivity contribution < 1.29 is 9.59 Å². The smallest absolute Gasteiger partial charge is 0.234 e. The van der Waals surface area contributed by atoms with Crippen molar-refractivity contribution in [2.75, 3.05) is 37.6 Å². The van der Waals surface area contributed by atoms with Crippen LogP contribution in [-0.2, 0) is 23.2 Å². The van der Waals surface area contributed by atoms with Gasteiger partial charge in [0.25, 0.3) is 0 Å². The van der Waals surface area contributed by atoms with E-state index < -0.39 is 0 Å². The molecule has 2 saturated heterocycles. The molecule has 1 aromatic carbocycles. The predicted molar refractivity (Wildman–Crippen MR) is 118 cm³/mol. The Hall–Kier alpha value is -2.42. The van der Waals surface area contributed by atoms with Crippen LogP contribution in [0.15, 0.2) is 36.7 Å². The van der Waals surface area contributed by atoms with Crippen LogP contribution in [0.4, 0.5) is 5.69 Å². The van der Waals surface area contributed by atoms with Crippen molar-refractivity contribution in [1.29, 1.82) is 0 Å². The molecule has 0 saturated carbocycles. The Kier molecular flexibility index (Phi) is 7.47. The normalized spacial score (nSPS) is 19.6. The molecule has 4 rings (SSSR count). The number of aryl methyl sites for hydroxylation is 1. The van der Waals surface area contributed by atoms with Gasteiger partial charge in [-0.1, -0.05) is 12.1 Å². The van der Waals surface area contributed by atoms with Gasteiger partial charge in [-0.3, -0.25) is 14.5 Å². The van der Waals surface area contributed by atoms with Gasteiger partial charge < -0.3 is 20.1 Å². The molecule has 2 aliphatic rings. The molecule has 1 atom stereocenters. The van der Waals surface area contributed by atoms with Crippen molar-refractivity contribution in [1.82, 2.24) is 25.1 Å². The molecule has 30 heavy (non-hydrogen) atoms. The number of anilines is 1. The van der Waals surface area contributed by atoms with Crippen molar-refractivity contribution in [2.45, 2.75) is 25.4 Å². The Morgan fingerprint density at radius 1 is 1.27 bits per heavy atom. The highest BCUT2D eigenvalue weighted by Gasteiger charge is 2.28. The third kappa shape index (κ3) is 5.00. The van der Waals surface area contributed by atoms with Crippen molar-refractivity contribution in [3.63, 3.8) is 0 Å². The second-order valence-electron chi connectivity index (χ2n) is 7.68. The highest BCUT2D eigenvalue weighted by Crippen LogP contribution is 2.22. The van der Waals surface area contributed by atoms with Gasteiger partial charge in [0.05, 0.1) is 12.6 Å². The Morgan fingerprint density at radius 2 is 2.07 bits per heavy atom. The Balaban J connectivity index is 0.00000256. The van der Waals surface area contributed by atoms with Crippen molar-refractivity contribution >= 4 is 29.9 Å². The first-order chi connectivity index (χ1) is 14.1. The molecule has 0 bridgehead atoms. The number of halogens is 1. The number of amides is 2. The number of imidazole rings is 1. The lowest BCUT2D eigenvalue weighted by molar-refractivity contribution is -0.123. The van der Waals surface area contributed by atoms with Gasteiger partial charge in [0, 0.05) is 64.3 Å². The third-order valence-electron chi connectivity index (χ3n) is 5.67. The molecule has 2 amide bonds. The molecule has 0 spiro atoms. The van der Waals surface area contributed by atoms with Gasteiger partial charge in [-0.15, -0.1) is 12.4 Å². The minimum absolute atomic E-state index is 0. The second kappa shape index (κ2) is 10.1.